The maximum atomic E-state index is 6.67. The fourth-order valence-electron chi connectivity index (χ4n) is 4.14. The van der Waals surface area contributed by atoms with Crippen LogP contribution in [0.3, 0.4) is 0 Å². The SMILES string of the molecule is CC(C)(C)c1cc(Cl)cc2c1[O][Ti+2][O]c1c(cc(Cl)cc1C(C)(C)C)C2c1ccccn1.[Cl-].[Cl-]. The van der Waals surface area contributed by atoms with Crippen molar-refractivity contribution in [2.24, 2.45) is 0 Å². The van der Waals surface area contributed by atoms with Gasteiger partial charge in [-0.2, -0.15) is 0 Å². The number of pyridine rings is 1. The molecule has 3 nitrogen and oxygen atoms in total. The van der Waals surface area contributed by atoms with Gasteiger partial charge in [0, 0.05) is 0 Å². The molecule has 0 saturated carbocycles. The third kappa shape index (κ3) is 5.89. The van der Waals surface area contributed by atoms with Gasteiger partial charge in [0.1, 0.15) is 0 Å². The predicted molar refractivity (Wildman–Crippen MR) is 127 cm³/mol. The maximum Gasteiger partial charge on any atom is -1.00 e. The fourth-order valence-corrected chi connectivity index (χ4v) is 5.63. The number of fused-ring (bicyclic) bond motifs is 2. The first-order valence-corrected chi connectivity index (χ1v) is 12.7. The number of hydrogen-bond acceptors (Lipinski definition) is 3. The number of rotatable bonds is 1. The van der Waals surface area contributed by atoms with Crippen molar-refractivity contribution in [2.45, 2.75) is 58.3 Å². The molecule has 2 heterocycles. The van der Waals surface area contributed by atoms with Crippen LogP contribution in [0.5, 0.6) is 11.5 Å². The molecule has 0 N–H and O–H groups in total. The van der Waals surface area contributed by atoms with Gasteiger partial charge in [0.05, 0.1) is 0 Å². The van der Waals surface area contributed by atoms with Gasteiger partial charge in [-0.25, -0.2) is 0 Å². The van der Waals surface area contributed by atoms with Crippen LogP contribution >= 0.6 is 23.2 Å². The van der Waals surface area contributed by atoms with E-state index in [0.29, 0.717) is 10.0 Å². The second kappa shape index (κ2) is 11.0. The van der Waals surface area contributed by atoms with Crippen molar-refractivity contribution in [2.75, 3.05) is 0 Å². The topological polar surface area (TPSA) is 31.4 Å². The van der Waals surface area contributed by atoms with Crippen molar-refractivity contribution in [1.82, 2.24) is 4.98 Å². The van der Waals surface area contributed by atoms with Crippen LogP contribution in [0.4, 0.5) is 0 Å². The minimum atomic E-state index is -1.21. The molecule has 34 heavy (non-hydrogen) atoms. The average Bonchev–Trinajstić information content (AvgIpc) is 2.68. The van der Waals surface area contributed by atoms with E-state index < -0.39 is 19.9 Å². The minimum Gasteiger partial charge on any atom is -1.00 e. The van der Waals surface area contributed by atoms with Crippen LogP contribution < -0.4 is 31.5 Å². The minimum absolute atomic E-state index is 0. The van der Waals surface area contributed by atoms with Gasteiger partial charge < -0.3 is 24.8 Å². The molecule has 3 aromatic rings. The van der Waals surface area contributed by atoms with E-state index in [1.54, 1.807) is 0 Å². The van der Waals surface area contributed by atoms with Crippen LogP contribution in [0.15, 0.2) is 48.7 Å². The number of hydrogen-bond donors (Lipinski definition) is 0. The number of halogens is 4. The first-order valence-electron chi connectivity index (χ1n) is 10.6. The van der Waals surface area contributed by atoms with Gasteiger partial charge >= 0.3 is 211 Å². The van der Waals surface area contributed by atoms with Crippen molar-refractivity contribution in [3.05, 3.63) is 86.7 Å². The molecular weight excluding hydrogens is 548 g/mol. The van der Waals surface area contributed by atoms with Gasteiger partial charge in [-0.05, 0) is 0 Å². The largest absolute Gasteiger partial charge is 1.00 e. The van der Waals surface area contributed by atoms with Crippen LogP contribution in [0.25, 0.3) is 0 Å². The molecule has 1 aliphatic heterocycles. The summed E-state index contributed by atoms with van der Waals surface area (Å²) in [6, 6.07) is 14.0. The molecule has 0 saturated heterocycles. The standard InChI is InChI=1S/C26H29Cl2NO2.2ClH.Ti/c1-25(2,3)19-13-15(27)11-17(23(19)30)22(21-9-7-8-10-29-21)18-12-16(28)14-20(24(18)31)26(4,5)6;;;/h7-14,22,30-31H,1-6H3;2*1H;/q;;;+4/p-4. The molecule has 0 unspecified atom stereocenters. The van der Waals surface area contributed by atoms with E-state index in [4.69, 9.17) is 34.8 Å². The first-order chi connectivity index (χ1) is 15.0. The van der Waals surface area contributed by atoms with E-state index >= 15 is 0 Å². The molecule has 0 amide bonds. The molecule has 8 heteroatoms. The molecule has 1 aliphatic rings. The molecule has 0 radical (unpaired) electrons. The summed E-state index contributed by atoms with van der Waals surface area (Å²) in [4.78, 5) is 4.73. The molecule has 1 aromatic heterocycles. The molecule has 180 valence electrons. The van der Waals surface area contributed by atoms with Crippen LogP contribution in [-0.4, -0.2) is 4.98 Å². The summed E-state index contributed by atoms with van der Waals surface area (Å²) in [6.07, 6.45) is 1.81. The van der Waals surface area contributed by atoms with E-state index in [0.717, 1.165) is 39.4 Å². The molecular formula is C26H27Cl4NO2Ti. The molecule has 0 aliphatic carbocycles. The van der Waals surface area contributed by atoms with Crippen LogP contribution in [-0.2, 0) is 30.8 Å². The van der Waals surface area contributed by atoms with Crippen molar-refractivity contribution in [3.8, 4) is 11.5 Å². The summed E-state index contributed by atoms with van der Waals surface area (Å²) < 4.78 is 12.9. The summed E-state index contributed by atoms with van der Waals surface area (Å²) in [6.45, 7) is 13.0. The Balaban J connectivity index is 0.00000204. The second-order valence-electron chi connectivity index (χ2n) is 10.2. The second-order valence-corrected chi connectivity index (χ2v) is 12.0. The van der Waals surface area contributed by atoms with E-state index in [1.165, 1.54) is 0 Å². The Morgan fingerprint density at radius 1 is 0.765 bits per heavy atom. The van der Waals surface area contributed by atoms with Gasteiger partial charge in [0.15, 0.2) is 0 Å². The van der Waals surface area contributed by atoms with Crippen molar-refractivity contribution in [3.63, 3.8) is 0 Å². The molecule has 0 fully saturated rings. The molecule has 0 atom stereocenters. The quantitative estimate of drug-likeness (QED) is 0.416. The monoisotopic (exact) mass is 573 g/mol. The zero-order valence-corrected chi connectivity index (χ0v) is 24.6. The van der Waals surface area contributed by atoms with Gasteiger partial charge in [0.25, 0.3) is 0 Å². The Bertz CT molecular complexity index is 1090. The van der Waals surface area contributed by atoms with Crippen molar-refractivity contribution >= 4 is 23.2 Å². The zero-order chi connectivity index (χ0) is 23.3. The molecule has 2 aromatic carbocycles. The first kappa shape index (κ1) is 29.3. The van der Waals surface area contributed by atoms with E-state index in [9.17, 15) is 0 Å². The van der Waals surface area contributed by atoms with Crippen LogP contribution in [0.2, 0.25) is 10.0 Å². The van der Waals surface area contributed by atoms with E-state index in [-0.39, 0.29) is 41.6 Å². The number of nitrogens with zero attached hydrogens (tertiary/aromatic N) is 1. The normalized spacial score (nSPS) is 13.2. The smallest absolute Gasteiger partial charge is 1.00 e. The maximum absolute atomic E-state index is 6.67. The average molecular weight is 575 g/mol. The van der Waals surface area contributed by atoms with Gasteiger partial charge in [-0.15, -0.1) is 0 Å². The van der Waals surface area contributed by atoms with Crippen molar-refractivity contribution < 1.29 is 51.4 Å². The van der Waals surface area contributed by atoms with Gasteiger partial charge in [0.2, 0.25) is 0 Å². The van der Waals surface area contributed by atoms with Crippen LogP contribution in [0.1, 0.15) is 75.4 Å². The van der Waals surface area contributed by atoms with Crippen molar-refractivity contribution in [1.29, 1.82) is 0 Å². The number of aromatic nitrogens is 1. The Kier molecular flexibility index (Phi) is 9.47. The van der Waals surface area contributed by atoms with E-state index in [1.807, 2.05) is 48.7 Å². The summed E-state index contributed by atoms with van der Waals surface area (Å²) in [5.74, 6) is 1.47. The predicted octanol–water partition coefficient (Wildman–Crippen LogP) is 1.86. The van der Waals surface area contributed by atoms with Gasteiger partial charge in [-0.3, -0.25) is 0 Å². The molecule has 4 rings (SSSR count). The third-order valence-corrected chi connectivity index (χ3v) is 7.01. The Morgan fingerprint density at radius 2 is 1.24 bits per heavy atom. The Hall–Kier alpha value is -0.936. The molecule has 0 bridgehead atoms. The Morgan fingerprint density at radius 3 is 1.62 bits per heavy atom. The fraction of sp³-hybridized carbons (Fsp3) is 0.346. The van der Waals surface area contributed by atoms with E-state index in [2.05, 4.69) is 41.5 Å². The summed E-state index contributed by atoms with van der Waals surface area (Å²) in [7, 11) is 0. The molecule has 0 spiro atoms. The van der Waals surface area contributed by atoms with Gasteiger partial charge in [-0.1, -0.05) is 0 Å². The van der Waals surface area contributed by atoms with Crippen LogP contribution in [0, 0.1) is 0 Å². The number of benzene rings is 2. The summed E-state index contributed by atoms with van der Waals surface area (Å²) >= 11 is 12.1. The summed E-state index contributed by atoms with van der Waals surface area (Å²) in [5, 5.41) is 1.36. The summed E-state index contributed by atoms with van der Waals surface area (Å²) in [5.41, 5.74) is 4.72. The zero-order valence-electron chi connectivity index (χ0n) is 20.0. The third-order valence-electron chi connectivity index (χ3n) is 5.67. The Labute approximate surface area is 234 Å².